The molecule has 2 aromatic heterocycles. The van der Waals surface area contributed by atoms with Crippen molar-refractivity contribution in [2.45, 2.75) is 31.8 Å². The van der Waals surface area contributed by atoms with Gasteiger partial charge in [-0.25, -0.2) is 0 Å². The average Bonchev–Trinajstić information content (AvgIpc) is 3.00. The lowest BCUT2D eigenvalue weighted by Crippen LogP contribution is -2.22. The molecule has 0 spiro atoms. The van der Waals surface area contributed by atoms with E-state index in [-0.39, 0.29) is 6.10 Å². The second-order valence-electron chi connectivity index (χ2n) is 7.51. The molecule has 1 atom stereocenters. The quantitative estimate of drug-likeness (QED) is 0.352. The highest BCUT2D eigenvalue weighted by Gasteiger charge is 2.18. The first-order valence-corrected chi connectivity index (χ1v) is 13.6. The average molecular weight is 477 g/mol. The number of benzene rings is 1. The van der Waals surface area contributed by atoms with Gasteiger partial charge < -0.3 is 4.74 Å². The van der Waals surface area contributed by atoms with Crippen LogP contribution in [0, 0.1) is 3.57 Å². The summed E-state index contributed by atoms with van der Waals surface area (Å²) in [6.45, 7) is 7.83. The van der Waals surface area contributed by atoms with Gasteiger partial charge in [0.15, 0.2) is 0 Å². The van der Waals surface area contributed by atoms with Crippen molar-refractivity contribution in [3.63, 3.8) is 0 Å². The molecule has 0 aliphatic carbocycles. The van der Waals surface area contributed by atoms with Gasteiger partial charge in [-0.1, -0.05) is 25.7 Å². The first-order valence-electron chi connectivity index (χ1n) is 8.77. The van der Waals surface area contributed by atoms with Gasteiger partial charge in [0, 0.05) is 29.8 Å². The number of ether oxygens (including phenoxy) is 1. The summed E-state index contributed by atoms with van der Waals surface area (Å²) in [5.74, 6) is 0. The van der Waals surface area contributed by atoms with E-state index in [2.05, 4.69) is 81.7 Å². The topological polar surface area (TPSA) is 50.8 Å². The Hall–Kier alpha value is -1.51. The van der Waals surface area contributed by atoms with Gasteiger partial charge in [0.05, 0.1) is 11.2 Å². The molecule has 0 bridgehead atoms. The van der Waals surface area contributed by atoms with E-state index in [9.17, 15) is 0 Å². The molecule has 1 aromatic carbocycles. The number of hydrogen-bond donors (Lipinski definition) is 1. The zero-order valence-electron chi connectivity index (χ0n) is 15.4. The number of H-pyrrole nitrogens is 1. The summed E-state index contributed by atoms with van der Waals surface area (Å²) in [5, 5.41) is 8.79. The third-order valence-corrected chi connectivity index (χ3v) is 6.48. The summed E-state index contributed by atoms with van der Waals surface area (Å²) in [4.78, 5) is 4.36. The van der Waals surface area contributed by atoms with Gasteiger partial charge in [0.2, 0.25) is 0 Å². The lowest BCUT2D eigenvalue weighted by molar-refractivity contribution is 0.0946. The third-order valence-electron chi connectivity index (χ3n) is 4.10. The molecule has 0 amide bonds. The molecule has 6 heteroatoms. The lowest BCUT2D eigenvalue weighted by Gasteiger charge is -2.18. The molecule has 0 radical (unpaired) electrons. The molecule has 1 N–H and O–H groups in total. The summed E-state index contributed by atoms with van der Waals surface area (Å²) in [5.41, 5.74) is 2.89. The van der Waals surface area contributed by atoms with Gasteiger partial charge in [-0.05, 0) is 71.1 Å². The van der Waals surface area contributed by atoms with Crippen molar-refractivity contribution in [3.05, 3.63) is 63.6 Å². The maximum Gasteiger partial charge on any atom is 0.120 e. The molecule has 4 nitrogen and oxygen atoms in total. The largest absolute Gasteiger partial charge is 0.368 e. The minimum atomic E-state index is -1.15. The number of fused-ring (bicyclic) bond motifs is 1. The molecule has 0 aliphatic heterocycles. The van der Waals surface area contributed by atoms with Crippen LogP contribution in [0.25, 0.3) is 17.0 Å². The standard InChI is InChI=1S/C20H24IN3OSi/c1-26(2,3)13-12-25-19(10-8-16-6-4-5-11-22-16)20-17-9-7-15(21)14-18(17)23-24-20/h4-11,14,19H,12-13H2,1-3H3,(H,23,24)/b10-8+. The molecule has 0 saturated heterocycles. The molecule has 3 rings (SSSR count). The first-order chi connectivity index (χ1) is 12.4. The highest BCUT2D eigenvalue weighted by atomic mass is 127. The van der Waals surface area contributed by atoms with Gasteiger partial charge in [0.1, 0.15) is 11.8 Å². The van der Waals surface area contributed by atoms with Gasteiger partial charge in [0.25, 0.3) is 0 Å². The van der Waals surface area contributed by atoms with Crippen molar-refractivity contribution in [2.24, 2.45) is 0 Å². The number of aromatic amines is 1. The molecule has 0 fully saturated rings. The zero-order valence-corrected chi connectivity index (χ0v) is 18.5. The van der Waals surface area contributed by atoms with Crippen LogP contribution in [0.4, 0.5) is 0 Å². The van der Waals surface area contributed by atoms with Crippen molar-refractivity contribution in [2.75, 3.05) is 6.61 Å². The Morgan fingerprint density at radius 1 is 1.23 bits per heavy atom. The van der Waals surface area contributed by atoms with E-state index in [0.717, 1.165) is 34.9 Å². The number of rotatable bonds is 7. The second-order valence-corrected chi connectivity index (χ2v) is 14.4. The van der Waals surface area contributed by atoms with Crippen LogP contribution in [0.2, 0.25) is 25.7 Å². The van der Waals surface area contributed by atoms with E-state index >= 15 is 0 Å². The summed E-state index contributed by atoms with van der Waals surface area (Å²) in [7, 11) is -1.15. The van der Waals surface area contributed by atoms with E-state index in [4.69, 9.17) is 4.74 Å². The maximum absolute atomic E-state index is 6.26. The molecular weight excluding hydrogens is 453 g/mol. The highest BCUT2D eigenvalue weighted by Crippen LogP contribution is 2.28. The fraction of sp³-hybridized carbons (Fsp3) is 0.300. The normalized spacial score (nSPS) is 13.5. The molecule has 0 saturated carbocycles. The van der Waals surface area contributed by atoms with Crippen LogP contribution in [-0.2, 0) is 4.74 Å². The molecule has 2 heterocycles. The molecule has 1 unspecified atom stereocenters. The summed E-state index contributed by atoms with van der Waals surface area (Å²) in [6.07, 6.45) is 5.67. The monoisotopic (exact) mass is 477 g/mol. The fourth-order valence-electron chi connectivity index (χ4n) is 2.61. The summed E-state index contributed by atoms with van der Waals surface area (Å²) in [6, 6.07) is 13.3. The molecular formula is C20H24IN3OSi. The van der Waals surface area contributed by atoms with E-state index in [1.807, 2.05) is 24.3 Å². The highest BCUT2D eigenvalue weighted by molar-refractivity contribution is 14.1. The first kappa shape index (κ1) is 19.3. The van der Waals surface area contributed by atoms with Crippen molar-refractivity contribution in [1.82, 2.24) is 15.2 Å². The Bertz CT molecular complexity index is 887. The number of pyridine rings is 1. The Morgan fingerprint density at radius 3 is 2.81 bits per heavy atom. The fourth-order valence-corrected chi connectivity index (χ4v) is 3.83. The molecule has 136 valence electrons. The zero-order chi connectivity index (χ0) is 18.6. The Kier molecular flexibility index (Phi) is 6.26. The van der Waals surface area contributed by atoms with E-state index < -0.39 is 8.07 Å². The predicted octanol–water partition coefficient (Wildman–Crippen LogP) is 5.67. The van der Waals surface area contributed by atoms with E-state index in [0.29, 0.717) is 0 Å². The third kappa shape index (κ3) is 5.25. The number of nitrogens with zero attached hydrogens (tertiary/aromatic N) is 2. The number of nitrogens with one attached hydrogen (secondary N) is 1. The van der Waals surface area contributed by atoms with Crippen LogP contribution >= 0.6 is 22.6 Å². The molecule has 3 aromatic rings. The van der Waals surface area contributed by atoms with E-state index in [1.165, 1.54) is 3.57 Å². The van der Waals surface area contributed by atoms with Crippen LogP contribution in [0.5, 0.6) is 0 Å². The number of halogens is 1. The minimum absolute atomic E-state index is 0.192. The molecule has 0 aliphatic rings. The maximum atomic E-state index is 6.26. The van der Waals surface area contributed by atoms with Crippen LogP contribution in [0.15, 0.2) is 48.7 Å². The van der Waals surface area contributed by atoms with Crippen molar-refractivity contribution in [1.29, 1.82) is 0 Å². The Morgan fingerprint density at radius 2 is 2.08 bits per heavy atom. The lowest BCUT2D eigenvalue weighted by atomic mass is 10.1. The summed E-state index contributed by atoms with van der Waals surface area (Å²) < 4.78 is 7.44. The van der Waals surface area contributed by atoms with Gasteiger partial charge in [-0.3, -0.25) is 10.1 Å². The minimum Gasteiger partial charge on any atom is -0.368 e. The van der Waals surface area contributed by atoms with Gasteiger partial charge >= 0.3 is 0 Å². The van der Waals surface area contributed by atoms with Gasteiger partial charge in [-0.15, -0.1) is 0 Å². The van der Waals surface area contributed by atoms with Crippen molar-refractivity contribution >= 4 is 47.6 Å². The number of hydrogen-bond acceptors (Lipinski definition) is 3. The second kappa shape index (κ2) is 8.45. The van der Waals surface area contributed by atoms with Crippen LogP contribution in [0.1, 0.15) is 17.5 Å². The molecule has 26 heavy (non-hydrogen) atoms. The van der Waals surface area contributed by atoms with Crippen LogP contribution in [0.3, 0.4) is 0 Å². The Balaban J connectivity index is 1.87. The van der Waals surface area contributed by atoms with E-state index in [1.54, 1.807) is 6.20 Å². The summed E-state index contributed by atoms with van der Waals surface area (Å²) >= 11 is 2.31. The van der Waals surface area contributed by atoms with Gasteiger partial charge in [-0.2, -0.15) is 5.10 Å². The predicted molar refractivity (Wildman–Crippen MR) is 119 cm³/mol. The Labute approximate surface area is 169 Å². The smallest absolute Gasteiger partial charge is 0.120 e. The SMILES string of the molecule is C[Si](C)(C)CCOC(/C=C/c1ccccn1)c1n[nH]c2cc(I)ccc12. The van der Waals surface area contributed by atoms with Crippen LogP contribution in [-0.4, -0.2) is 29.9 Å². The van der Waals surface area contributed by atoms with Crippen molar-refractivity contribution in [3.8, 4) is 0 Å². The van der Waals surface area contributed by atoms with Crippen LogP contribution < -0.4 is 0 Å². The van der Waals surface area contributed by atoms with Crippen molar-refractivity contribution < 1.29 is 4.74 Å². The number of aromatic nitrogens is 3.